The Bertz CT molecular complexity index is 439. The third-order valence-electron chi connectivity index (χ3n) is 1.82. The number of nitrogens with two attached hydrogens (primary N) is 1. The molecule has 0 aromatic carbocycles. The van der Waals surface area contributed by atoms with E-state index in [1.807, 2.05) is 0 Å². The molecule has 3 N–H and O–H groups in total. The van der Waals surface area contributed by atoms with Crippen molar-refractivity contribution in [3.8, 4) is 5.88 Å². The van der Waals surface area contributed by atoms with Gasteiger partial charge in [0.15, 0.2) is 0 Å². The van der Waals surface area contributed by atoms with E-state index >= 15 is 0 Å². The Morgan fingerprint density at radius 3 is 2.69 bits per heavy atom. The average Bonchev–Trinajstić information content (AvgIpc) is 2.23. The maximum Gasteiger partial charge on any atom is 0.343 e. The summed E-state index contributed by atoms with van der Waals surface area (Å²) in [5.74, 6) is -0.529. The number of rotatable bonds is 4. The number of carbonyl (C=O) groups excluding carboxylic acids is 1. The fourth-order valence-electron chi connectivity index (χ4n) is 1.15. The van der Waals surface area contributed by atoms with Crippen LogP contribution in [-0.2, 0) is 4.74 Å². The zero-order valence-corrected chi connectivity index (χ0v) is 9.20. The number of nitrogens with one attached hydrogen (secondary N) is 1. The van der Waals surface area contributed by atoms with Crippen LogP contribution in [0.2, 0.25) is 0 Å². The number of esters is 1. The van der Waals surface area contributed by atoms with Gasteiger partial charge in [0.05, 0.1) is 18.9 Å². The Balaban J connectivity index is 3.10. The van der Waals surface area contributed by atoms with Crippen molar-refractivity contribution < 1.29 is 14.3 Å². The van der Waals surface area contributed by atoms with Crippen LogP contribution in [0.25, 0.3) is 0 Å². The van der Waals surface area contributed by atoms with Crippen molar-refractivity contribution in [2.24, 2.45) is 0 Å². The highest BCUT2D eigenvalue weighted by atomic mass is 16.5. The lowest BCUT2D eigenvalue weighted by Crippen LogP contribution is -2.21. The standard InChI is InChI=1S/C10H14N2O4/c1-3-15-9-7(11)5-6(8(13)12-9)10(14)16-4-2/h5H,3-4,11H2,1-2H3,(H,12,13). The minimum absolute atomic E-state index is 0.122. The molecule has 0 aliphatic rings. The SMILES string of the molecule is CCOC(=O)c1cc(N)c(OCC)[nH]c1=O. The first-order valence-corrected chi connectivity index (χ1v) is 4.92. The summed E-state index contributed by atoms with van der Waals surface area (Å²) in [4.78, 5) is 25.2. The van der Waals surface area contributed by atoms with Gasteiger partial charge in [-0.25, -0.2) is 4.79 Å². The third-order valence-corrected chi connectivity index (χ3v) is 1.82. The molecular formula is C10H14N2O4. The molecule has 1 aromatic rings. The number of anilines is 1. The summed E-state index contributed by atoms with van der Waals surface area (Å²) in [6.45, 7) is 3.99. The first kappa shape index (κ1) is 12.1. The van der Waals surface area contributed by atoms with Gasteiger partial charge >= 0.3 is 5.97 Å². The number of aromatic nitrogens is 1. The summed E-state index contributed by atoms with van der Waals surface area (Å²) >= 11 is 0. The monoisotopic (exact) mass is 226 g/mol. The number of aromatic amines is 1. The van der Waals surface area contributed by atoms with Crippen LogP contribution in [0.5, 0.6) is 5.88 Å². The highest BCUT2D eigenvalue weighted by Crippen LogP contribution is 2.16. The summed E-state index contributed by atoms with van der Waals surface area (Å²) < 4.78 is 9.79. The molecule has 0 aliphatic heterocycles. The number of hydrogen-bond acceptors (Lipinski definition) is 5. The van der Waals surface area contributed by atoms with E-state index in [2.05, 4.69) is 4.98 Å². The first-order valence-electron chi connectivity index (χ1n) is 4.92. The fourth-order valence-corrected chi connectivity index (χ4v) is 1.15. The topological polar surface area (TPSA) is 94.4 Å². The molecule has 6 heteroatoms. The van der Waals surface area contributed by atoms with Crippen LogP contribution in [0.4, 0.5) is 5.69 Å². The van der Waals surface area contributed by atoms with E-state index < -0.39 is 11.5 Å². The quantitative estimate of drug-likeness (QED) is 0.730. The average molecular weight is 226 g/mol. The van der Waals surface area contributed by atoms with Crippen LogP contribution in [0.1, 0.15) is 24.2 Å². The number of nitrogen functional groups attached to an aromatic ring is 1. The molecule has 0 unspecified atom stereocenters. The van der Waals surface area contributed by atoms with Gasteiger partial charge in [0, 0.05) is 0 Å². The molecule has 0 atom stereocenters. The Kier molecular flexibility index (Phi) is 3.93. The van der Waals surface area contributed by atoms with Crippen LogP contribution >= 0.6 is 0 Å². The van der Waals surface area contributed by atoms with Gasteiger partial charge in [-0.1, -0.05) is 0 Å². The number of H-pyrrole nitrogens is 1. The maximum absolute atomic E-state index is 11.5. The predicted octanol–water partition coefficient (Wildman–Crippen LogP) is 0.533. The maximum atomic E-state index is 11.5. The minimum atomic E-state index is -0.696. The largest absolute Gasteiger partial charge is 0.478 e. The molecule has 0 spiro atoms. The van der Waals surface area contributed by atoms with E-state index in [9.17, 15) is 9.59 Å². The molecule has 0 saturated heterocycles. The molecule has 0 radical (unpaired) electrons. The van der Waals surface area contributed by atoms with Crippen LogP contribution in [-0.4, -0.2) is 24.2 Å². The summed E-state index contributed by atoms with van der Waals surface area (Å²) in [6.07, 6.45) is 0. The summed E-state index contributed by atoms with van der Waals surface area (Å²) in [5, 5.41) is 0. The van der Waals surface area contributed by atoms with Gasteiger partial charge in [0.25, 0.3) is 5.56 Å². The van der Waals surface area contributed by atoms with Gasteiger partial charge in [-0.05, 0) is 19.9 Å². The number of hydrogen-bond donors (Lipinski definition) is 2. The third kappa shape index (κ3) is 2.53. The Hall–Kier alpha value is -1.98. The lowest BCUT2D eigenvalue weighted by Gasteiger charge is -2.07. The molecule has 0 saturated carbocycles. The number of pyridine rings is 1. The molecule has 0 aliphatic carbocycles. The van der Waals surface area contributed by atoms with Gasteiger partial charge in [0.2, 0.25) is 5.88 Å². The van der Waals surface area contributed by atoms with Crippen molar-refractivity contribution >= 4 is 11.7 Å². The highest BCUT2D eigenvalue weighted by molar-refractivity contribution is 5.90. The second-order valence-corrected chi connectivity index (χ2v) is 2.95. The zero-order chi connectivity index (χ0) is 12.1. The normalized spacial score (nSPS) is 9.88. The Morgan fingerprint density at radius 1 is 1.44 bits per heavy atom. The summed E-state index contributed by atoms with van der Waals surface area (Å²) in [5.41, 5.74) is 5.11. The molecule has 6 nitrogen and oxygen atoms in total. The lowest BCUT2D eigenvalue weighted by molar-refractivity contribution is 0.0524. The first-order chi connectivity index (χ1) is 7.60. The van der Waals surface area contributed by atoms with E-state index in [0.717, 1.165) is 0 Å². The fraction of sp³-hybridized carbons (Fsp3) is 0.400. The van der Waals surface area contributed by atoms with Crippen molar-refractivity contribution in [1.82, 2.24) is 4.98 Å². The van der Waals surface area contributed by atoms with Crippen LogP contribution in [0.15, 0.2) is 10.9 Å². The summed E-state index contributed by atoms with van der Waals surface area (Å²) in [7, 11) is 0. The molecule has 88 valence electrons. The molecule has 0 amide bonds. The van der Waals surface area contributed by atoms with Crippen molar-refractivity contribution in [2.45, 2.75) is 13.8 Å². The van der Waals surface area contributed by atoms with E-state index in [0.29, 0.717) is 6.61 Å². The van der Waals surface area contributed by atoms with Crippen LogP contribution in [0, 0.1) is 0 Å². The molecule has 1 heterocycles. The Morgan fingerprint density at radius 2 is 2.12 bits per heavy atom. The van der Waals surface area contributed by atoms with E-state index in [1.54, 1.807) is 13.8 Å². The van der Waals surface area contributed by atoms with Gasteiger partial charge in [-0.3, -0.25) is 9.78 Å². The molecule has 16 heavy (non-hydrogen) atoms. The van der Waals surface area contributed by atoms with Gasteiger partial charge in [-0.15, -0.1) is 0 Å². The van der Waals surface area contributed by atoms with E-state index in [1.165, 1.54) is 6.07 Å². The second kappa shape index (κ2) is 5.20. The molecule has 0 bridgehead atoms. The molecular weight excluding hydrogens is 212 g/mol. The molecule has 1 rings (SSSR count). The van der Waals surface area contributed by atoms with Gasteiger partial charge in [0.1, 0.15) is 5.56 Å². The summed E-state index contributed by atoms with van der Waals surface area (Å²) in [6, 6.07) is 1.25. The van der Waals surface area contributed by atoms with Crippen molar-refractivity contribution in [3.63, 3.8) is 0 Å². The van der Waals surface area contributed by atoms with Crippen molar-refractivity contribution in [2.75, 3.05) is 18.9 Å². The zero-order valence-electron chi connectivity index (χ0n) is 9.20. The van der Waals surface area contributed by atoms with Crippen LogP contribution < -0.4 is 16.0 Å². The smallest absolute Gasteiger partial charge is 0.343 e. The second-order valence-electron chi connectivity index (χ2n) is 2.95. The lowest BCUT2D eigenvalue weighted by atomic mass is 10.2. The predicted molar refractivity (Wildman–Crippen MR) is 58.6 cm³/mol. The molecule has 1 aromatic heterocycles. The number of carbonyl (C=O) groups is 1. The van der Waals surface area contributed by atoms with E-state index in [-0.39, 0.29) is 23.7 Å². The minimum Gasteiger partial charge on any atom is -0.478 e. The van der Waals surface area contributed by atoms with Crippen molar-refractivity contribution in [3.05, 3.63) is 22.0 Å². The van der Waals surface area contributed by atoms with E-state index in [4.69, 9.17) is 15.2 Å². The van der Waals surface area contributed by atoms with Gasteiger partial charge < -0.3 is 15.2 Å². The Labute approximate surface area is 92.4 Å². The van der Waals surface area contributed by atoms with Gasteiger partial charge in [-0.2, -0.15) is 0 Å². The number of ether oxygens (including phenoxy) is 2. The van der Waals surface area contributed by atoms with Crippen molar-refractivity contribution in [1.29, 1.82) is 0 Å². The van der Waals surface area contributed by atoms with Crippen LogP contribution in [0.3, 0.4) is 0 Å². The highest BCUT2D eigenvalue weighted by Gasteiger charge is 2.14. The molecule has 0 fully saturated rings.